The first kappa shape index (κ1) is 18.9. The van der Waals surface area contributed by atoms with Gasteiger partial charge in [0.25, 0.3) is 5.56 Å². The molecular weight excluding hydrogens is 354 g/mol. The largest absolute Gasteiger partial charge is 0.378 e. The van der Waals surface area contributed by atoms with E-state index in [1.807, 2.05) is 6.20 Å². The van der Waals surface area contributed by atoms with Crippen molar-refractivity contribution in [1.82, 2.24) is 14.5 Å². The standard InChI is InChI=1S/C21H29N5O2/c1-3-18-15-19(23-21(22-18)26-10-12-28-13-11-26)25-8-5-16(6-9-25)17-4-7-24(2)20(27)14-17/h4,7,14-16H,3,5-6,8-13H2,1-2H3. The molecule has 2 aromatic heterocycles. The molecule has 2 aliphatic heterocycles. The SMILES string of the molecule is CCc1cc(N2CCC(c3ccn(C)c(=O)c3)CC2)nc(N2CCOCC2)n1. The highest BCUT2D eigenvalue weighted by Crippen LogP contribution is 2.30. The third-order valence-corrected chi connectivity index (χ3v) is 5.83. The second-order valence-corrected chi connectivity index (χ2v) is 7.64. The van der Waals surface area contributed by atoms with Crippen molar-refractivity contribution < 1.29 is 4.74 Å². The fourth-order valence-electron chi connectivity index (χ4n) is 3.98. The van der Waals surface area contributed by atoms with E-state index in [0.717, 1.165) is 81.7 Å². The van der Waals surface area contributed by atoms with Crippen LogP contribution in [0.3, 0.4) is 0 Å². The summed E-state index contributed by atoms with van der Waals surface area (Å²) in [6.07, 6.45) is 4.84. The molecule has 4 heterocycles. The van der Waals surface area contributed by atoms with E-state index in [2.05, 4.69) is 28.9 Å². The summed E-state index contributed by atoms with van der Waals surface area (Å²) in [5, 5.41) is 0. The minimum Gasteiger partial charge on any atom is -0.378 e. The van der Waals surface area contributed by atoms with Crippen molar-refractivity contribution in [3.63, 3.8) is 0 Å². The summed E-state index contributed by atoms with van der Waals surface area (Å²) in [4.78, 5) is 26.2. The fraction of sp³-hybridized carbons (Fsp3) is 0.571. The Bertz CT molecular complexity index is 867. The lowest BCUT2D eigenvalue weighted by Gasteiger charge is -2.34. The molecule has 2 saturated heterocycles. The first-order chi connectivity index (χ1) is 13.6. The lowest BCUT2D eigenvalue weighted by Crippen LogP contribution is -2.38. The second-order valence-electron chi connectivity index (χ2n) is 7.64. The van der Waals surface area contributed by atoms with Crippen molar-refractivity contribution in [2.75, 3.05) is 49.2 Å². The normalized spacial score (nSPS) is 18.5. The first-order valence-electron chi connectivity index (χ1n) is 10.3. The zero-order valence-electron chi connectivity index (χ0n) is 16.8. The monoisotopic (exact) mass is 383 g/mol. The number of hydrogen-bond donors (Lipinski definition) is 0. The Morgan fingerprint density at radius 2 is 1.82 bits per heavy atom. The first-order valence-corrected chi connectivity index (χ1v) is 10.3. The number of hydrogen-bond acceptors (Lipinski definition) is 6. The third kappa shape index (κ3) is 4.04. The Morgan fingerprint density at radius 3 is 2.50 bits per heavy atom. The number of morpholine rings is 1. The van der Waals surface area contributed by atoms with Crippen LogP contribution in [0.15, 0.2) is 29.2 Å². The van der Waals surface area contributed by atoms with Gasteiger partial charge >= 0.3 is 0 Å². The van der Waals surface area contributed by atoms with Crippen molar-refractivity contribution in [2.45, 2.75) is 32.1 Å². The zero-order valence-corrected chi connectivity index (χ0v) is 16.8. The number of nitrogens with zero attached hydrogens (tertiary/aromatic N) is 5. The third-order valence-electron chi connectivity index (χ3n) is 5.83. The number of aromatic nitrogens is 3. The molecule has 0 atom stereocenters. The van der Waals surface area contributed by atoms with E-state index >= 15 is 0 Å². The smallest absolute Gasteiger partial charge is 0.250 e. The lowest BCUT2D eigenvalue weighted by atomic mass is 9.90. The van der Waals surface area contributed by atoms with Crippen molar-refractivity contribution in [1.29, 1.82) is 0 Å². The van der Waals surface area contributed by atoms with E-state index in [4.69, 9.17) is 14.7 Å². The molecule has 2 fully saturated rings. The predicted octanol–water partition coefficient (Wildman–Crippen LogP) is 1.96. The Morgan fingerprint density at radius 1 is 1.07 bits per heavy atom. The van der Waals surface area contributed by atoms with Crippen LogP contribution in [0.25, 0.3) is 0 Å². The number of aryl methyl sites for hydroxylation is 2. The average molecular weight is 383 g/mol. The molecule has 0 unspecified atom stereocenters. The average Bonchev–Trinajstić information content (AvgIpc) is 2.76. The highest BCUT2D eigenvalue weighted by Gasteiger charge is 2.24. The summed E-state index contributed by atoms with van der Waals surface area (Å²) >= 11 is 0. The van der Waals surface area contributed by atoms with Gasteiger partial charge in [-0.2, -0.15) is 4.98 Å². The van der Waals surface area contributed by atoms with Crippen molar-refractivity contribution in [3.8, 4) is 0 Å². The molecule has 7 heteroatoms. The molecule has 0 N–H and O–H groups in total. The van der Waals surface area contributed by atoms with Gasteiger partial charge in [0.05, 0.1) is 13.2 Å². The molecule has 28 heavy (non-hydrogen) atoms. The predicted molar refractivity (Wildman–Crippen MR) is 110 cm³/mol. The maximum absolute atomic E-state index is 11.9. The summed E-state index contributed by atoms with van der Waals surface area (Å²) in [5.74, 6) is 2.29. The van der Waals surface area contributed by atoms with Gasteiger partial charge in [0.2, 0.25) is 5.95 Å². The number of ether oxygens (including phenoxy) is 1. The number of pyridine rings is 1. The molecule has 2 aliphatic rings. The van der Waals surface area contributed by atoms with Crippen LogP contribution in [0.2, 0.25) is 0 Å². The molecule has 150 valence electrons. The van der Waals surface area contributed by atoms with E-state index in [-0.39, 0.29) is 5.56 Å². The van der Waals surface area contributed by atoms with E-state index in [9.17, 15) is 4.79 Å². The molecule has 4 rings (SSSR count). The van der Waals surface area contributed by atoms with Crippen LogP contribution < -0.4 is 15.4 Å². The molecule has 0 radical (unpaired) electrons. The Balaban J connectivity index is 1.49. The number of anilines is 2. The highest BCUT2D eigenvalue weighted by atomic mass is 16.5. The Labute approximate surface area is 166 Å². The van der Waals surface area contributed by atoms with Crippen LogP contribution in [0.1, 0.15) is 36.9 Å². The lowest BCUT2D eigenvalue weighted by molar-refractivity contribution is 0.122. The molecule has 0 amide bonds. The quantitative estimate of drug-likeness (QED) is 0.804. The van der Waals surface area contributed by atoms with Crippen LogP contribution in [-0.4, -0.2) is 53.9 Å². The van der Waals surface area contributed by atoms with E-state index < -0.39 is 0 Å². The van der Waals surface area contributed by atoms with Crippen LogP contribution in [0.5, 0.6) is 0 Å². The molecule has 0 aliphatic carbocycles. The maximum Gasteiger partial charge on any atom is 0.250 e. The van der Waals surface area contributed by atoms with Gasteiger partial charge in [-0.3, -0.25) is 4.79 Å². The molecule has 0 aromatic carbocycles. The van der Waals surface area contributed by atoms with E-state index in [0.29, 0.717) is 5.92 Å². The molecule has 0 saturated carbocycles. The van der Waals surface area contributed by atoms with E-state index in [1.165, 1.54) is 0 Å². The van der Waals surface area contributed by atoms with Crippen LogP contribution in [0, 0.1) is 0 Å². The molecule has 0 bridgehead atoms. The zero-order chi connectivity index (χ0) is 19.5. The number of piperidine rings is 1. The van der Waals surface area contributed by atoms with Crippen molar-refractivity contribution in [3.05, 3.63) is 46.0 Å². The summed E-state index contributed by atoms with van der Waals surface area (Å²) in [6.45, 7) is 7.19. The minimum atomic E-state index is 0.0680. The summed E-state index contributed by atoms with van der Waals surface area (Å²) in [7, 11) is 1.79. The Kier molecular flexibility index (Phi) is 5.62. The minimum absolute atomic E-state index is 0.0680. The van der Waals surface area contributed by atoms with Gasteiger partial charge in [-0.15, -0.1) is 0 Å². The Hall–Kier alpha value is -2.41. The van der Waals surface area contributed by atoms with Gasteiger partial charge in [0.15, 0.2) is 0 Å². The van der Waals surface area contributed by atoms with Gasteiger partial charge in [-0.05, 0) is 36.8 Å². The molecular formula is C21H29N5O2. The molecule has 0 spiro atoms. The fourth-order valence-corrected chi connectivity index (χ4v) is 3.98. The second kappa shape index (κ2) is 8.31. The van der Waals surface area contributed by atoms with Gasteiger partial charge < -0.3 is 19.1 Å². The summed E-state index contributed by atoms with van der Waals surface area (Å²) in [6, 6.07) is 6.00. The molecule has 2 aromatic rings. The summed E-state index contributed by atoms with van der Waals surface area (Å²) in [5.41, 5.74) is 2.31. The van der Waals surface area contributed by atoms with Crippen molar-refractivity contribution in [2.24, 2.45) is 7.05 Å². The molecule has 7 nitrogen and oxygen atoms in total. The van der Waals surface area contributed by atoms with Gasteiger partial charge in [0.1, 0.15) is 5.82 Å². The maximum atomic E-state index is 11.9. The van der Waals surface area contributed by atoms with Crippen LogP contribution >= 0.6 is 0 Å². The van der Waals surface area contributed by atoms with Crippen LogP contribution in [0.4, 0.5) is 11.8 Å². The number of rotatable bonds is 4. The van der Waals surface area contributed by atoms with Crippen LogP contribution in [-0.2, 0) is 18.2 Å². The van der Waals surface area contributed by atoms with Gasteiger partial charge in [-0.25, -0.2) is 4.98 Å². The topological polar surface area (TPSA) is 63.5 Å². The highest BCUT2D eigenvalue weighted by molar-refractivity contribution is 5.47. The van der Waals surface area contributed by atoms with E-state index in [1.54, 1.807) is 17.7 Å². The van der Waals surface area contributed by atoms with Crippen molar-refractivity contribution >= 4 is 11.8 Å². The van der Waals surface area contributed by atoms with Gasteiger partial charge in [-0.1, -0.05) is 6.92 Å². The van der Waals surface area contributed by atoms with Gasteiger partial charge in [0, 0.05) is 57.3 Å². The summed E-state index contributed by atoms with van der Waals surface area (Å²) < 4.78 is 7.09.